The normalized spacial score (nSPS) is 12.1. The van der Waals surface area contributed by atoms with Crippen molar-refractivity contribution >= 4 is 5.91 Å². The lowest BCUT2D eigenvalue weighted by Gasteiger charge is -2.20. The lowest BCUT2D eigenvalue weighted by atomic mass is 10.2. The van der Waals surface area contributed by atoms with Crippen molar-refractivity contribution in [2.75, 3.05) is 7.05 Å². The van der Waals surface area contributed by atoms with Crippen molar-refractivity contribution in [2.45, 2.75) is 19.5 Å². The predicted molar refractivity (Wildman–Crippen MR) is 83.1 cm³/mol. The minimum absolute atomic E-state index is 0.0533. The molecule has 23 heavy (non-hydrogen) atoms. The van der Waals surface area contributed by atoms with E-state index in [1.807, 2.05) is 37.3 Å². The van der Waals surface area contributed by atoms with E-state index >= 15 is 0 Å². The van der Waals surface area contributed by atoms with Gasteiger partial charge < -0.3 is 13.9 Å². The van der Waals surface area contributed by atoms with Gasteiger partial charge in [0, 0.05) is 25.0 Å². The lowest BCUT2D eigenvalue weighted by Crippen LogP contribution is -2.32. The van der Waals surface area contributed by atoms with Crippen LogP contribution in [0.3, 0.4) is 0 Å². The lowest BCUT2D eigenvalue weighted by molar-refractivity contribution is -0.133. The van der Waals surface area contributed by atoms with Crippen LogP contribution >= 0.6 is 0 Å². The maximum Gasteiger partial charge on any atom is 0.247 e. The molecule has 0 radical (unpaired) electrons. The SMILES string of the molecule is C[C@@H](C(=O)N(C)Cc1nnc(-c2ccccc2)o1)n1ccnc1. The van der Waals surface area contributed by atoms with E-state index in [4.69, 9.17) is 4.42 Å². The summed E-state index contributed by atoms with van der Waals surface area (Å²) < 4.78 is 7.38. The highest BCUT2D eigenvalue weighted by molar-refractivity contribution is 5.79. The van der Waals surface area contributed by atoms with Crippen LogP contribution in [0.4, 0.5) is 0 Å². The summed E-state index contributed by atoms with van der Waals surface area (Å²) in [5.41, 5.74) is 0.854. The van der Waals surface area contributed by atoms with Gasteiger partial charge in [-0.25, -0.2) is 4.98 Å². The van der Waals surface area contributed by atoms with Crippen molar-refractivity contribution < 1.29 is 9.21 Å². The molecule has 7 nitrogen and oxygen atoms in total. The summed E-state index contributed by atoms with van der Waals surface area (Å²) in [6.07, 6.45) is 5.03. The number of amides is 1. The Kier molecular flexibility index (Phi) is 4.18. The molecule has 0 saturated carbocycles. The zero-order valence-corrected chi connectivity index (χ0v) is 13.0. The molecule has 0 saturated heterocycles. The van der Waals surface area contributed by atoms with Crippen LogP contribution < -0.4 is 0 Å². The van der Waals surface area contributed by atoms with E-state index in [0.29, 0.717) is 11.8 Å². The number of imidazole rings is 1. The molecule has 0 N–H and O–H groups in total. The predicted octanol–water partition coefficient (Wildman–Crippen LogP) is 2.15. The van der Waals surface area contributed by atoms with E-state index in [1.54, 1.807) is 35.2 Å². The smallest absolute Gasteiger partial charge is 0.247 e. The fourth-order valence-electron chi connectivity index (χ4n) is 2.24. The van der Waals surface area contributed by atoms with Crippen LogP contribution in [0, 0.1) is 0 Å². The number of hydrogen-bond acceptors (Lipinski definition) is 5. The minimum atomic E-state index is -0.334. The highest BCUT2D eigenvalue weighted by Crippen LogP contribution is 2.18. The van der Waals surface area contributed by atoms with Crippen molar-refractivity contribution in [1.82, 2.24) is 24.6 Å². The van der Waals surface area contributed by atoms with E-state index in [9.17, 15) is 4.79 Å². The van der Waals surface area contributed by atoms with E-state index in [1.165, 1.54) is 0 Å². The van der Waals surface area contributed by atoms with Gasteiger partial charge in [0.2, 0.25) is 17.7 Å². The van der Waals surface area contributed by atoms with Gasteiger partial charge in [-0.05, 0) is 19.1 Å². The molecule has 1 atom stereocenters. The first-order valence-corrected chi connectivity index (χ1v) is 7.25. The zero-order chi connectivity index (χ0) is 16.2. The largest absolute Gasteiger partial charge is 0.419 e. The summed E-state index contributed by atoms with van der Waals surface area (Å²) in [6.45, 7) is 2.08. The fraction of sp³-hybridized carbons (Fsp3) is 0.250. The van der Waals surface area contributed by atoms with Crippen molar-refractivity contribution in [2.24, 2.45) is 0 Å². The molecule has 0 fully saturated rings. The van der Waals surface area contributed by atoms with Crippen LogP contribution in [0.2, 0.25) is 0 Å². The second kappa shape index (κ2) is 6.43. The Bertz CT molecular complexity index is 767. The first-order chi connectivity index (χ1) is 11.1. The fourth-order valence-corrected chi connectivity index (χ4v) is 2.24. The molecular weight excluding hydrogens is 294 g/mol. The number of hydrogen-bond donors (Lipinski definition) is 0. The van der Waals surface area contributed by atoms with Crippen molar-refractivity contribution in [3.05, 3.63) is 54.9 Å². The van der Waals surface area contributed by atoms with Gasteiger partial charge in [0.05, 0.1) is 12.9 Å². The first kappa shape index (κ1) is 15.0. The molecule has 7 heteroatoms. The molecule has 2 aromatic heterocycles. The summed E-state index contributed by atoms with van der Waals surface area (Å²) in [5, 5.41) is 8.03. The van der Waals surface area contributed by atoms with Gasteiger partial charge in [0.25, 0.3) is 0 Å². The van der Waals surface area contributed by atoms with Crippen molar-refractivity contribution in [3.8, 4) is 11.5 Å². The van der Waals surface area contributed by atoms with Crippen LogP contribution in [0.1, 0.15) is 18.9 Å². The molecule has 2 heterocycles. The van der Waals surface area contributed by atoms with Gasteiger partial charge in [0.15, 0.2) is 0 Å². The molecule has 0 unspecified atom stereocenters. The van der Waals surface area contributed by atoms with Gasteiger partial charge in [-0.15, -0.1) is 10.2 Å². The molecular formula is C16H17N5O2. The molecule has 1 aromatic carbocycles. The maximum absolute atomic E-state index is 12.4. The summed E-state index contributed by atoms with van der Waals surface area (Å²) in [7, 11) is 1.71. The number of nitrogens with zero attached hydrogens (tertiary/aromatic N) is 5. The minimum Gasteiger partial charge on any atom is -0.419 e. The number of benzene rings is 1. The monoisotopic (exact) mass is 311 g/mol. The average molecular weight is 311 g/mol. The zero-order valence-electron chi connectivity index (χ0n) is 13.0. The third kappa shape index (κ3) is 3.28. The van der Waals surface area contributed by atoms with E-state index < -0.39 is 0 Å². The molecule has 1 amide bonds. The number of carbonyl (C=O) groups is 1. The van der Waals surface area contributed by atoms with Crippen LogP contribution in [0.5, 0.6) is 0 Å². The van der Waals surface area contributed by atoms with Gasteiger partial charge in [0.1, 0.15) is 6.04 Å². The number of likely N-dealkylation sites (N-methyl/N-ethyl adjacent to an activating group) is 1. The third-order valence-electron chi connectivity index (χ3n) is 3.57. The first-order valence-electron chi connectivity index (χ1n) is 7.25. The van der Waals surface area contributed by atoms with E-state index in [-0.39, 0.29) is 18.5 Å². The number of carbonyl (C=O) groups excluding carboxylic acids is 1. The second-order valence-corrected chi connectivity index (χ2v) is 5.25. The molecule has 3 aromatic rings. The molecule has 0 bridgehead atoms. The van der Waals surface area contributed by atoms with Gasteiger partial charge in [-0.3, -0.25) is 4.79 Å². The topological polar surface area (TPSA) is 77.0 Å². The van der Waals surface area contributed by atoms with Crippen molar-refractivity contribution in [1.29, 1.82) is 0 Å². The van der Waals surface area contributed by atoms with Crippen LogP contribution in [0.15, 0.2) is 53.5 Å². The summed E-state index contributed by atoms with van der Waals surface area (Å²) in [5.74, 6) is 0.795. The summed E-state index contributed by atoms with van der Waals surface area (Å²) in [6, 6.07) is 9.19. The quantitative estimate of drug-likeness (QED) is 0.721. The molecule has 0 aliphatic carbocycles. The summed E-state index contributed by atoms with van der Waals surface area (Å²) in [4.78, 5) is 17.9. The Hall–Kier alpha value is -2.96. The van der Waals surface area contributed by atoms with Crippen molar-refractivity contribution in [3.63, 3.8) is 0 Å². The van der Waals surface area contributed by atoms with Gasteiger partial charge in [-0.2, -0.15) is 0 Å². The van der Waals surface area contributed by atoms with Gasteiger partial charge >= 0.3 is 0 Å². The van der Waals surface area contributed by atoms with Crippen LogP contribution in [-0.2, 0) is 11.3 Å². The van der Waals surface area contributed by atoms with E-state index in [0.717, 1.165) is 5.56 Å². The molecule has 0 aliphatic heterocycles. The highest BCUT2D eigenvalue weighted by atomic mass is 16.4. The number of aromatic nitrogens is 4. The van der Waals surface area contributed by atoms with E-state index in [2.05, 4.69) is 15.2 Å². The van der Waals surface area contributed by atoms with Crippen LogP contribution in [0.25, 0.3) is 11.5 Å². The Morgan fingerprint density at radius 2 is 2.09 bits per heavy atom. The van der Waals surface area contributed by atoms with Gasteiger partial charge in [-0.1, -0.05) is 18.2 Å². The maximum atomic E-state index is 12.4. The third-order valence-corrected chi connectivity index (χ3v) is 3.57. The highest BCUT2D eigenvalue weighted by Gasteiger charge is 2.20. The molecule has 118 valence electrons. The standard InChI is InChI=1S/C16H17N5O2/c1-12(21-9-8-17-11-21)16(22)20(2)10-14-18-19-15(23-14)13-6-4-3-5-7-13/h3-9,11-12H,10H2,1-2H3/t12-/m0/s1. The summed E-state index contributed by atoms with van der Waals surface area (Å²) >= 11 is 0. The Balaban J connectivity index is 1.67. The molecule has 3 rings (SSSR count). The Labute approximate surface area is 133 Å². The molecule has 0 spiro atoms. The van der Waals surface area contributed by atoms with Crippen LogP contribution in [-0.4, -0.2) is 37.6 Å². The molecule has 0 aliphatic rings. The Morgan fingerprint density at radius 3 is 2.78 bits per heavy atom. The average Bonchev–Trinajstić information content (AvgIpc) is 3.26. The second-order valence-electron chi connectivity index (χ2n) is 5.25. The Morgan fingerprint density at radius 1 is 1.30 bits per heavy atom. The number of rotatable bonds is 5.